The molecule has 0 aromatic carbocycles. The molecule has 0 rings (SSSR count). The summed E-state index contributed by atoms with van der Waals surface area (Å²) in [5, 5.41) is 6.23. The Morgan fingerprint density at radius 1 is 1.33 bits per heavy atom. The monoisotopic (exact) mass is 131 g/mol. The van der Waals surface area contributed by atoms with Gasteiger partial charge < -0.3 is 15.5 Å². The van der Waals surface area contributed by atoms with E-state index in [2.05, 4.69) is 29.6 Å². The number of likely N-dealkylation sites (N-methyl/N-ethyl adjacent to an activating group) is 1. The molecule has 0 aromatic heterocycles. The van der Waals surface area contributed by atoms with Crippen LogP contribution in [-0.4, -0.2) is 45.8 Å². The molecule has 0 fully saturated rings. The summed E-state index contributed by atoms with van der Waals surface area (Å²) < 4.78 is 0. The minimum absolute atomic E-state index is 0.897. The molecule has 2 N–H and O–H groups in total. The molecule has 0 atom stereocenters. The van der Waals surface area contributed by atoms with Crippen LogP contribution >= 0.6 is 0 Å². The second kappa shape index (κ2) is 6.01. The zero-order valence-electron chi connectivity index (χ0n) is 6.57. The van der Waals surface area contributed by atoms with E-state index >= 15 is 0 Å². The largest absolute Gasteiger partial charge is 0.308 e. The summed E-state index contributed by atoms with van der Waals surface area (Å²) in [6.45, 7) is 3.04. The molecule has 0 saturated heterocycles. The van der Waals surface area contributed by atoms with Gasteiger partial charge in [0.2, 0.25) is 0 Å². The van der Waals surface area contributed by atoms with E-state index in [1.165, 1.54) is 0 Å². The Kier molecular flexibility index (Phi) is 5.93. The van der Waals surface area contributed by atoms with E-state index < -0.39 is 0 Å². The quantitative estimate of drug-likeness (QED) is 0.382. The molecule has 0 aliphatic rings. The SMILES string of the molecule is CNCNCCN(C)C. The third kappa shape index (κ3) is 7.88. The molecule has 0 saturated carbocycles. The first-order valence-electron chi connectivity index (χ1n) is 3.27. The second-order valence-corrected chi connectivity index (χ2v) is 2.33. The Hall–Kier alpha value is -0.120. The van der Waals surface area contributed by atoms with Crippen LogP contribution in [0.4, 0.5) is 0 Å². The normalized spacial score (nSPS) is 10.7. The average Bonchev–Trinajstić information content (AvgIpc) is 1.80. The highest BCUT2D eigenvalue weighted by molar-refractivity contribution is 4.46. The first-order valence-corrected chi connectivity index (χ1v) is 3.27. The van der Waals surface area contributed by atoms with E-state index in [-0.39, 0.29) is 0 Å². The molecule has 3 nitrogen and oxygen atoms in total. The van der Waals surface area contributed by atoms with E-state index in [9.17, 15) is 0 Å². The number of rotatable bonds is 5. The van der Waals surface area contributed by atoms with Gasteiger partial charge in [0.25, 0.3) is 0 Å². The van der Waals surface area contributed by atoms with E-state index in [1.54, 1.807) is 0 Å². The fourth-order valence-corrected chi connectivity index (χ4v) is 0.516. The van der Waals surface area contributed by atoms with E-state index in [4.69, 9.17) is 0 Å². The van der Waals surface area contributed by atoms with Crippen LogP contribution in [0.2, 0.25) is 0 Å². The Morgan fingerprint density at radius 2 is 2.00 bits per heavy atom. The van der Waals surface area contributed by atoms with Crippen LogP contribution in [0.15, 0.2) is 0 Å². The van der Waals surface area contributed by atoms with Crippen molar-refractivity contribution in [2.24, 2.45) is 0 Å². The van der Waals surface area contributed by atoms with Crippen molar-refractivity contribution in [3.8, 4) is 0 Å². The Bertz CT molecular complexity index is 54.3. The lowest BCUT2D eigenvalue weighted by Crippen LogP contribution is -2.32. The number of hydrogen-bond donors (Lipinski definition) is 2. The van der Waals surface area contributed by atoms with Crippen LogP contribution < -0.4 is 10.6 Å². The predicted molar refractivity (Wildman–Crippen MR) is 40.5 cm³/mol. The first kappa shape index (κ1) is 8.88. The molecule has 0 amide bonds. The summed E-state index contributed by atoms with van der Waals surface area (Å²) in [6, 6.07) is 0. The van der Waals surface area contributed by atoms with Gasteiger partial charge in [0, 0.05) is 19.8 Å². The number of nitrogens with one attached hydrogen (secondary N) is 2. The standard InChI is InChI=1S/C6H17N3/c1-7-6-8-4-5-9(2)3/h7-8H,4-6H2,1-3H3. The van der Waals surface area contributed by atoms with Crippen molar-refractivity contribution in [1.82, 2.24) is 15.5 Å². The summed E-state index contributed by atoms with van der Waals surface area (Å²) >= 11 is 0. The summed E-state index contributed by atoms with van der Waals surface area (Å²) in [4.78, 5) is 2.16. The smallest absolute Gasteiger partial charge is 0.0452 e. The van der Waals surface area contributed by atoms with Crippen molar-refractivity contribution < 1.29 is 0 Å². The summed E-state index contributed by atoms with van der Waals surface area (Å²) in [7, 11) is 6.07. The van der Waals surface area contributed by atoms with Crippen LogP contribution in [0, 0.1) is 0 Å². The van der Waals surface area contributed by atoms with Crippen LogP contribution in [0.5, 0.6) is 0 Å². The molecule has 0 unspecified atom stereocenters. The average molecular weight is 131 g/mol. The predicted octanol–water partition coefficient (Wildman–Crippen LogP) is -0.685. The van der Waals surface area contributed by atoms with Gasteiger partial charge in [-0.3, -0.25) is 0 Å². The molecule has 0 spiro atoms. The van der Waals surface area contributed by atoms with Crippen LogP contribution in [0.1, 0.15) is 0 Å². The van der Waals surface area contributed by atoms with Gasteiger partial charge in [0.15, 0.2) is 0 Å². The van der Waals surface area contributed by atoms with Gasteiger partial charge in [0.05, 0.1) is 0 Å². The van der Waals surface area contributed by atoms with Gasteiger partial charge in [-0.25, -0.2) is 0 Å². The number of hydrogen-bond acceptors (Lipinski definition) is 3. The topological polar surface area (TPSA) is 27.3 Å². The van der Waals surface area contributed by atoms with Gasteiger partial charge in [0.1, 0.15) is 0 Å². The van der Waals surface area contributed by atoms with Crippen molar-refractivity contribution in [1.29, 1.82) is 0 Å². The summed E-state index contributed by atoms with van der Waals surface area (Å²) in [5.41, 5.74) is 0. The van der Waals surface area contributed by atoms with E-state index in [0.717, 1.165) is 19.8 Å². The molecule has 56 valence electrons. The Morgan fingerprint density at radius 3 is 2.44 bits per heavy atom. The van der Waals surface area contributed by atoms with Crippen molar-refractivity contribution >= 4 is 0 Å². The first-order chi connectivity index (χ1) is 4.27. The molecule has 0 heterocycles. The molecule has 0 aromatic rings. The van der Waals surface area contributed by atoms with Gasteiger partial charge in [-0.1, -0.05) is 0 Å². The highest BCUT2D eigenvalue weighted by Gasteiger charge is 1.86. The maximum absolute atomic E-state index is 3.21. The third-order valence-corrected chi connectivity index (χ3v) is 1.04. The van der Waals surface area contributed by atoms with Crippen molar-refractivity contribution in [2.45, 2.75) is 0 Å². The van der Waals surface area contributed by atoms with Crippen molar-refractivity contribution in [3.63, 3.8) is 0 Å². The molecule has 9 heavy (non-hydrogen) atoms. The zero-order valence-corrected chi connectivity index (χ0v) is 6.57. The van der Waals surface area contributed by atoms with Crippen LogP contribution in [-0.2, 0) is 0 Å². The van der Waals surface area contributed by atoms with Gasteiger partial charge >= 0.3 is 0 Å². The molecule has 0 radical (unpaired) electrons. The van der Waals surface area contributed by atoms with Crippen molar-refractivity contribution in [2.75, 3.05) is 40.9 Å². The second-order valence-electron chi connectivity index (χ2n) is 2.33. The lowest BCUT2D eigenvalue weighted by molar-refractivity contribution is 0.398. The fraction of sp³-hybridized carbons (Fsp3) is 1.00. The van der Waals surface area contributed by atoms with E-state index in [0.29, 0.717) is 0 Å². The Labute approximate surface area is 57.4 Å². The molecule has 0 aliphatic heterocycles. The summed E-state index contributed by atoms with van der Waals surface area (Å²) in [5.74, 6) is 0. The third-order valence-electron chi connectivity index (χ3n) is 1.04. The van der Waals surface area contributed by atoms with Gasteiger partial charge in [-0.15, -0.1) is 0 Å². The Balaban J connectivity index is 2.75. The molecular weight excluding hydrogens is 114 g/mol. The zero-order chi connectivity index (χ0) is 7.11. The minimum atomic E-state index is 0.897. The maximum Gasteiger partial charge on any atom is 0.0452 e. The van der Waals surface area contributed by atoms with Crippen molar-refractivity contribution in [3.05, 3.63) is 0 Å². The highest BCUT2D eigenvalue weighted by Crippen LogP contribution is 1.68. The van der Waals surface area contributed by atoms with Gasteiger partial charge in [-0.2, -0.15) is 0 Å². The van der Waals surface area contributed by atoms with Crippen LogP contribution in [0.25, 0.3) is 0 Å². The molecule has 0 aliphatic carbocycles. The minimum Gasteiger partial charge on any atom is -0.308 e. The lowest BCUT2D eigenvalue weighted by atomic mass is 10.6. The number of nitrogens with zero attached hydrogens (tertiary/aromatic N) is 1. The highest BCUT2D eigenvalue weighted by atomic mass is 15.1. The van der Waals surface area contributed by atoms with Gasteiger partial charge in [-0.05, 0) is 21.1 Å². The van der Waals surface area contributed by atoms with E-state index in [1.807, 2.05) is 7.05 Å². The summed E-state index contributed by atoms with van der Waals surface area (Å²) in [6.07, 6.45) is 0. The maximum atomic E-state index is 3.21. The molecular formula is C6H17N3. The molecule has 3 heteroatoms. The molecule has 0 bridgehead atoms. The lowest BCUT2D eigenvalue weighted by Gasteiger charge is -2.09. The van der Waals surface area contributed by atoms with Crippen LogP contribution in [0.3, 0.4) is 0 Å². The fourth-order valence-electron chi connectivity index (χ4n) is 0.516.